The molecule has 0 fully saturated rings. The van der Waals surface area contributed by atoms with Crippen LogP contribution in [0.1, 0.15) is 45.1 Å². The van der Waals surface area contributed by atoms with Crippen LogP contribution in [-0.4, -0.2) is 17.7 Å². The molecule has 0 heterocycles. The fraction of sp³-hybridized carbons (Fsp3) is 0.500. The highest BCUT2D eigenvalue weighted by atomic mass is 16.2. The first-order valence-corrected chi connectivity index (χ1v) is 7.05. The van der Waals surface area contributed by atoms with Gasteiger partial charge < -0.3 is 5.32 Å². The summed E-state index contributed by atoms with van der Waals surface area (Å²) < 4.78 is 0. The van der Waals surface area contributed by atoms with Crippen molar-refractivity contribution < 1.29 is 9.59 Å². The maximum absolute atomic E-state index is 11.8. The lowest BCUT2D eigenvalue weighted by molar-refractivity contribution is -0.138. The molecule has 0 bridgehead atoms. The minimum absolute atomic E-state index is 0.127. The van der Waals surface area contributed by atoms with Crippen LogP contribution in [0, 0.1) is 0 Å². The van der Waals surface area contributed by atoms with Gasteiger partial charge in [-0.2, -0.15) is 0 Å². The summed E-state index contributed by atoms with van der Waals surface area (Å²) in [6.07, 6.45) is 4.06. The van der Waals surface area contributed by atoms with Crippen LogP contribution >= 0.6 is 0 Å². The predicted octanol–water partition coefficient (Wildman–Crippen LogP) is 2.88. The van der Waals surface area contributed by atoms with E-state index in [1.54, 1.807) is 0 Å². The van der Waals surface area contributed by atoms with Gasteiger partial charge in [0.2, 0.25) is 5.78 Å². The van der Waals surface area contributed by atoms with Crippen LogP contribution < -0.4 is 5.32 Å². The van der Waals surface area contributed by atoms with E-state index in [1.807, 2.05) is 30.3 Å². The normalized spacial score (nSPS) is 10.5. The van der Waals surface area contributed by atoms with Crippen LogP contribution in [0.4, 0.5) is 0 Å². The van der Waals surface area contributed by atoms with E-state index in [2.05, 4.69) is 19.2 Å². The fourth-order valence-corrected chi connectivity index (χ4v) is 2.11. The van der Waals surface area contributed by atoms with E-state index in [9.17, 15) is 9.59 Å². The molecule has 104 valence electrons. The highest BCUT2D eigenvalue weighted by Gasteiger charge is 2.17. The van der Waals surface area contributed by atoms with Crippen molar-refractivity contribution in [3.05, 3.63) is 35.9 Å². The first-order chi connectivity index (χ1) is 9.17. The molecule has 0 aliphatic heterocycles. The van der Waals surface area contributed by atoms with Crippen molar-refractivity contribution in [1.82, 2.24) is 5.32 Å². The van der Waals surface area contributed by atoms with Crippen molar-refractivity contribution in [2.75, 3.05) is 0 Å². The van der Waals surface area contributed by atoms with E-state index in [1.165, 1.54) is 0 Å². The third-order valence-corrected chi connectivity index (χ3v) is 3.07. The molecular weight excluding hydrogens is 238 g/mol. The standard InChI is InChI=1S/C16H23NO2/c1-3-8-14(9-4-2)17-16(19)15(18)12-13-10-6-5-7-11-13/h5-7,10-11,14H,3-4,8-9,12H2,1-2H3,(H,17,19). The highest BCUT2D eigenvalue weighted by Crippen LogP contribution is 2.05. The first-order valence-electron chi connectivity index (χ1n) is 7.05. The molecule has 0 aromatic heterocycles. The maximum Gasteiger partial charge on any atom is 0.287 e. The Labute approximate surface area is 115 Å². The second-order valence-corrected chi connectivity index (χ2v) is 4.83. The number of rotatable bonds is 8. The van der Waals surface area contributed by atoms with Gasteiger partial charge in [0.05, 0.1) is 0 Å². The number of hydrogen-bond acceptors (Lipinski definition) is 2. The zero-order chi connectivity index (χ0) is 14.1. The summed E-state index contributed by atoms with van der Waals surface area (Å²) in [5, 5.41) is 2.85. The molecule has 0 atom stereocenters. The van der Waals surface area contributed by atoms with Gasteiger partial charge in [0.25, 0.3) is 5.91 Å². The Morgan fingerprint density at radius 3 is 2.16 bits per heavy atom. The summed E-state index contributed by atoms with van der Waals surface area (Å²) in [4.78, 5) is 23.7. The number of amides is 1. The van der Waals surface area contributed by atoms with Crippen molar-refractivity contribution in [2.24, 2.45) is 0 Å². The molecule has 0 saturated heterocycles. The molecule has 0 saturated carbocycles. The molecule has 1 aromatic rings. The Morgan fingerprint density at radius 1 is 1.05 bits per heavy atom. The predicted molar refractivity (Wildman–Crippen MR) is 76.9 cm³/mol. The van der Waals surface area contributed by atoms with E-state index < -0.39 is 5.91 Å². The molecule has 19 heavy (non-hydrogen) atoms. The van der Waals surface area contributed by atoms with Crippen LogP contribution in [0.5, 0.6) is 0 Å². The Morgan fingerprint density at radius 2 is 1.63 bits per heavy atom. The second kappa shape index (κ2) is 8.46. The average Bonchev–Trinajstić information content (AvgIpc) is 2.40. The quantitative estimate of drug-likeness (QED) is 0.731. The molecule has 0 aliphatic rings. The number of nitrogens with one attached hydrogen (secondary N) is 1. The third kappa shape index (κ3) is 5.69. The zero-order valence-electron chi connectivity index (χ0n) is 11.8. The van der Waals surface area contributed by atoms with Gasteiger partial charge in [-0.25, -0.2) is 0 Å². The van der Waals surface area contributed by atoms with Gasteiger partial charge in [0.15, 0.2) is 0 Å². The number of ketones is 1. The van der Waals surface area contributed by atoms with Gasteiger partial charge in [0.1, 0.15) is 0 Å². The molecule has 3 heteroatoms. The smallest absolute Gasteiger partial charge is 0.287 e. The molecular formula is C16H23NO2. The average molecular weight is 261 g/mol. The van der Waals surface area contributed by atoms with Gasteiger partial charge in [-0.15, -0.1) is 0 Å². The van der Waals surface area contributed by atoms with Crippen molar-refractivity contribution >= 4 is 11.7 Å². The molecule has 0 aliphatic carbocycles. The van der Waals surface area contributed by atoms with Gasteiger partial charge >= 0.3 is 0 Å². The van der Waals surface area contributed by atoms with Crippen molar-refractivity contribution in [3.63, 3.8) is 0 Å². The molecule has 1 N–H and O–H groups in total. The number of hydrogen-bond donors (Lipinski definition) is 1. The van der Waals surface area contributed by atoms with Crippen LogP contribution in [0.15, 0.2) is 30.3 Å². The summed E-state index contributed by atoms with van der Waals surface area (Å²) in [5.74, 6) is -0.806. The summed E-state index contributed by atoms with van der Waals surface area (Å²) in [7, 11) is 0. The van der Waals surface area contributed by atoms with Crippen LogP contribution in [0.3, 0.4) is 0 Å². The highest BCUT2D eigenvalue weighted by molar-refractivity contribution is 6.36. The zero-order valence-corrected chi connectivity index (χ0v) is 11.8. The molecule has 0 spiro atoms. The summed E-state index contributed by atoms with van der Waals surface area (Å²) in [6.45, 7) is 4.17. The lowest BCUT2D eigenvalue weighted by Gasteiger charge is -2.16. The Kier molecular flexibility index (Phi) is 6.86. The van der Waals surface area contributed by atoms with Crippen LogP contribution in [0.25, 0.3) is 0 Å². The molecule has 0 radical (unpaired) electrons. The Balaban J connectivity index is 2.49. The molecule has 1 amide bonds. The number of carbonyl (C=O) groups excluding carboxylic acids is 2. The SMILES string of the molecule is CCCC(CCC)NC(=O)C(=O)Cc1ccccc1. The Bertz CT molecular complexity index is 394. The summed E-state index contributed by atoms with van der Waals surface area (Å²) in [5.41, 5.74) is 0.880. The number of Topliss-reactive ketones (excluding diaryl/α,β-unsaturated/α-hetero) is 1. The minimum Gasteiger partial charge on any atom is -0.347 e. The number of carbonyl (C=O) groups is 2. The topological polar surface area (TPSA) is 46.2 Å². The van der Waals surface area contributed by atoms with E-state index in [4.69, 9.17) is 0 Å². The largest absolute Gasteiger partial charge is 0.347 e. The minimum atomic E-state index is -0.448. The lowest BCUT2D eigenvalue weighted by atomic mass is 10.1. The van der Waals surface area contributed by atoms with E-state index in [0.717, 1.165) is 31.2 Å². The van der Waals surface area contributed by atoms with E-state index in [0.29, 0.717) is 0 Å². The van der Waals surface area contributed by atoms with Crippen molar-refractivity contribution in [3.8, 4) is 0 Å². The fourth-order valence-electron chi connectivity index (χ4n) is 2.11. The number of benzene rings is 1. The Hall–Kier alpha value is -1.64. The van der Waals surface area contributed by atoms with E-state index in [-0.39, 0.29) is 18.2 Å². The van der Waals surface area contributed by atoms with Crippen LogP contribution in [0.2, 0.25) is 0 Å². The van der Waals surface area contributed by atoms with Crippen LogP contribution in [-0.2, 0) is 16.0 Å². The molecule has 3 nitrogen and oxygen atoms in total. The van der Waals surface area contributed by atoms with Crippen molar-refractivity contribution in [2.45, 2.75) is 52.0 Å². The molecule has 1 aromatic carbocycles. The second-order valence-electron chi connectivity index (χ2n) is 4.83. The van der Waals surface area contributed by atoms with E-state index >= 15 is 0 Å². The molecule has 0 unspecified atom stereocenters. The monoisotopic (exact) mass is 261 g/mol. The van der Waals surface area contributed by atoms with Gasteiger partial charge in [-0.05, 0) is 18.4 Å². The van der Waals surface area contributed by atoms with Crippen molar-refractivity contribution in [1.29, 1.82) is 0 Å². The van der Waals surface area contributed by atoms with Gasteiger partial charge in [-0.1, -0.05) is 57.0 Å². The third-order valence-electron chi connectivity index (χ3n) is 3.07. The molecule has 1 rings (SSSR count). The maximum atomic E-state index is 11.8. The summed E-state index contributed by atoms with van der Waals surface area (Å²) >= 11 is 0. The van der Waals surface area contributed by atoms with Gasteiger partial charge in [-0.3, -0.25) is 9.59 Å². The first kappa shape index (κ1) is 15.4. The summed E-state index contributed by atoms with van der Waals surface area (Å²) in [6, 6.07) is 9.49. The van der Waals surface area contributed by atoms with Gasteiger partial charge in [0, 0.05) is 12.5 Å². The lowest BCUT2D eigenvalue weighted by Crippen LogP contribution is -2.39.